The summed E-state index contributed by atoms with van der Waals surface area (Å²) in [7, 11) is 0. The third kappa shape index (κ3) is 6.05. The molecule has 0 radical (unpaired) electrons. The summed E-state index contributed by atoms with van der Waals surface area (Å²) in [6.07, 6.45) is 2.94. The molecule has 140 valence electrons. The Labute approximate surface area is 163 Å². The summed E-state index contributed by atoms with van der Waals surface area (Å²) >= 11 is 6.31. The van der Waals surface area contributed by atoms with E-state index in [0.29, 0.717) is 35.3 Å². The molecule has 2 aromatic rings. The summed E-state index contributed by atoms with van der Waals surface area (Å²) in [5.74, 6) is -0.468. The molecule has 0 saturated heterocycles. The van der Waals surface area contributed by atoms with Gasteiger partial charge in [-0.05, 0) is 49.1 Å². The third-order valence-corrected chi connectivity index (χ3v) is 3.97. The number of hydrogen-bond acceptors (Lipinski definition) is 4. The first-order valence-electron chi connectivity index (χ1n) is 8.53. The van der Waals surface area contributed by atoms with Gasteiger partial charge in [0, 0.05) is 0 Å². The molecule has 27 heavy (non-hydrogen) atoms. The van der Waals surface area contributed by atoms with E-state index in [0.717, 1.165) is 12.8 Å². The van der Waals surface area contributed by atoms with E-state index in [-0.39, 0.29) is 5.57 Å². The minimum absolute atomic E-state index is 0.301. The van der Waals surface area contributed by atoms with Gasteiger partial charge < -0.3 is 14.6 Å². The molecule has 1 N–H and O–H groups in total. The van der Waals surface area contributed by atoms with E-state index < -0.39 is 5.97 Å². The van der Waals surface area contributed by atoms with Gasteiger partial charge in [-0.3, -0.25) is 0 Å². The van der Waals surface area contributed by atoms with Crippen molar-refractivity contribution in [3.8, 4) is 17.6 Å². The van der Waals surface area contributed by atoms with Crippen molar-refractivity contribution in [1.29, 1.82) is 5.26 Å². The van der Waals surface area contributed by atoms with Gasteiger partial charge in [-0.2, -0.15) is 5.26 Å². The predicted octanol–water partition coefficient (Wildman–Crippen LogP) is 4.74. The normalized spacial score (nSPS) is 10.9. The second-order valence-electron chi connectivity index (χ2n) is 5.68. The van der Waals surface area contributed by atoms with E-state index in [9.17, 15) is 4.79 Å². The number of nitrogens with zero attached hydrogens (tertiary/aromatic N) is 1. The Hall–Kier alpha value is -2.97. The Morgan fingerprint density at radius 3 is 2.63 bits per heavy atom. The number of hydrogen-bond donors (Lipinski definition) is 1. The van der Waals surface area contributed by atoms with Crippen LogP contribution in [0.2, 0.25) is 5.02 Å². The number of nitriles is 1. The summed E-state index contributed by atoms with van der Waals surface area (Å²) in [4.78, 5) is 11.0. The SMILES string of the molecule is CCOc1cc(C=C(C#N)C(=O)O)cc(Cl)c1OCCCc1ccccc1. The lowest BCUT2D eigenvalue weighted by molar-refractivity contribution is -0.132. The van der Waals surface area contributed by atoms with Gasteiger partial charge in [0.1, 0.15) is 11.6 Å². The number of halogens is 1. The lowest BCUT2D eigenvalue weighted by Crippen LogP contribution is -2.03. The highest BCUT2D eigenvalue weighted by molar-refractivity contribution is 6.32. The number of rotatable bonds is 9. The lowest BCUT2D eigenvalue weighted by atomic mass is 10.1. The maximum atomic E-state index is 11.0. The molecule has 0 spiro atoms. The van der Waals surface area contributed by atoms with Crippen LogP contribution in [-0.2, 0) is 11.2 Å². The van der Waals surface area contributed by atoms with Crippen molar-refractivity contribution in [2.45, 2.75) is 19.8 Å². The van der Waals surface area contributed by atoms with Gasteiger partial charge in [0.15, 0.2) is 11.5 Å². The first kappa shape index (κ1) is 20.3. The van der Waals surface area contributed by atoms with Gasteiger partial charge in [-0.15, -0.1) is 0 Å². The van der Waals surface area contributed by atoms with E-state index in [4.69, 9.17) is 31.4 Å². The van der Waals surface area contributed by atoms with Gasteiger partial charge in [0.2, 0.25) is 0 Å². The summed E-state index contributed by atoms with van der Waals surface area (Å²) in [5.41, 5.74) is 1.31. The summed E-state index contributed by atoms with van der Waals surface area (Å²) in [5, 5.41) is 18.2. The predicted molar refractivity (Wildman–Crippen MR) is 104 cm³/mol. The first-order valence-corrected chi connectivity index (χ1v) is 8.91. The second kappa shape index (κ2) is 10.2. The monoisotopic (exact) mass is 385 g/mol. The Balaban J connectivity index is 2.13. The van der Waals surface area contributed by atoms with Gasteiger partial charge >= 0.3 is 5.97 Å². The minimum atomic E-state index is -1.30. The molecule has 0 aliphatic rings. The number of carbonyl (C=O) groups is 1. The average molecular weight is 386 g/mol. The summed E-state index contributed by atoms with van der Waals surface area (Å²) in [6, 6.07) is 14.9. The molecular weight excluding hydrogens is 366 g/mol. The highest BCUT2D eigenvalue weighted by atomic mass is 35.5. The molecule has 0 unspecified atom stereocenters. The number of ether oxygens (including phenoxy) is 2. The Kier molecular flexibility index (Phi) is 7.72. The highest BCUT2D eigenvalue weighted by Crippen LogP contribution is 2.37. The molecule has 0 aliphatic carbocycles. The summed E-state index contributed by atoms with van der Waals surface area (Å²) < 4.78 is 11.4. The molecule has 0 aliphatic heterocycles. The van der Waals surface area contributed by atoms with Gasteiger partial charge in [0.25, 0.3) is 0 Å². The number of aliphatic carboxylic acids is 1. The lowest BCUT2D eigenvalue weighted by Gasteiger charge is -2.14. The molecule has 0 aromatic heterocycles. The van der Waals surface area contributed by atoms with Crippen LogP contribution in [0.25, 0.3) is 6.08 Å². The van der Waals surface area contributed by atoms with Crippen LogP contribution in [0.3, 0.4) is 0 Å². The van der Waals surface area contributed by atoms with Gasteiger partial charge in [0.05, 0.1) is 18.2 Å². The van der Waals surface area contributed by atoms with Crippen LogP contribution in [0, 0.1) is 11.3 Å². The maximum absolute atomic E-state index is 11.0. The zero-order chi connectivity index (χ0) is 19.6. The third-order valence-electron chi connectivity index (χ3n) is 3.69. The van der Waals surface area contributed by atoms with Gasteiger partial charge in [-0.1, -0.05) is 41.9 Å². The Morgan fingerprint density at radius 2 is 2.00 bits per heavy atom. The van der Waals surface area contributed by atoms with Crippen molar-refractivity contribution < 1.29 is 19.4 Å². The maximum Gasteiger partial charge on any atom is 0.346 e. The topological polar surface area (TPSA) is 79.5 Å². The van der Waals surface area contributed by atoms with Crippen LogP contribution in [0.15, 0.2) is 48.0 Å². The van der Waals surface area contributed by atoms with E-state index in [1.807, 2.05) is 25.1 Å². The van der Waals surface area contributed by atoms with Crippen molar-refractivity contribution in [1.82, 2.24) is 0 Å². The van der Waals surface area contributed by atoms with E-state index >= 15 is 0 Å². The Morgan fingerprint density at radius 1 is 1.26 bits per heavy atom. The fourth-order valence-corrected chi connectivity index (χ4v) is 2.75. The highest BCUT2D eigenvalue weighted by Gasteiger charge is 2.14. The summed E-state index contributed by atoms with van der Waals surface area (Å²) in [6.45, 7) is 2.68. The van der Waals surface area contributed by atoms with Crippen molar-refractivity contribution in [2.75, 3.05) is 13.2 Å². The van der Waals surface area contributed by atoms with Crippen LogP contribution >= 0.6 is 11.6 Å². The average Bonchev–Trinajstić information content (AvgIpc) is 2.65. The fraction of sp³-hybridized carbons (Fsp3) is 0.238. The quantitative estimate of drug-likeness (QED) is 0.383. The van der Waals surface area contributed by atoms with Crippen molar-refractivity contribution in [2.24, 2.45) is 0 Å². The number of carboxylic acids is 1. The van der Waals surface area contributed by atoms with E-state index in [2.05, 4.69) is 12.1 Å². The van der Waals surface area contributed by atoms with E-state index in [1.165, 1.54) is 11.6 Å². The van der Waals surface area contributed by atoms with Crippen LogP contribution in [0.1, 0.15) is 24.5 Å². The van der Waals surface area contributed by atoms with Crippen LogP contribution < -0.4 is 9.47 Å². The molecule has 5 nitrogen and oxygen atoms in total. The van der Waals surface area contributed by atoms with Crippen molar-refractivity contribution >= 4 is 23.6 Å². The first-order chi connectivity index (χ1) is 13.0. The minimum Gasteiger partial charge on any atom is -0.490 e. The second-order valence-corrected chi connectivity index (χ2v) is 6.08. The molecule has 0 saturated carbocycles. The van der Waals surface area contributed by atoms with E-state index in [1.54, 1.807) is 18.2 Å². The Bertz CT molecular complexity index is 856. The molecule has 2 rings (SSSR count). The van der Waals surface area contributed by atoms with Crippen LogP contribution in [0.5, 0.6) is 11.5 Å². The standard InChI is InChI=1S/C21H20ClNO4/c1-2-26-19-13-16(11-17(14-23)21(24)25)12-18(22)20(19)27-10-6-9-15-7-4-3-5-8-15/h3-5,7-8,11-13H,2,6,9-10H2,1H3,(H,24,25). The molecule has 0 atom stereocenters. The van der Waals surface area contributed by atoms with Gasteiger partial charge in [-0.25, -0.2) is 4.79 Å². The number of aryl methyl sites for hydroxylation is 1. The zero-order valence-corrected chi connectivity index (χ0v) is 15.7. The van der Waals surface area contributed by atoms with Crippen LogP contribution in [-0.4, -0.2) is 24.3 Å². The molecule has 0 fully saturated rings. The molecule has 6 heteroatoms. The molecule has 0 heterocycles. The van der Waals surface area contributed by atoms with Crippen molar-refractivity contribution in [3.05, 3.63) is 64.2 Å². The molecular formula is C21H20ClNO4. The van der Waals surface area contributed by atoms with Crippen molar-refractivity contribution in [3.63, 3.8) is 0 Å². The van der Waals surface area contributed by atoms with Crippen LogP contribution in [0.4, 0.5) is 0 Å². The number of benzene rings is 2. The molecule has 0 bridgehead atoms. The number of carboxylic acid groups (broad SMARTS) is 1. The molecule has 2 aromatic carbocycles. The molecule has 0 amide bonds. The fourth-order valence-electron chi connectivity index (χ4n) is 2.48. The zero-order valence-electron chi connectivity index (χ0n) is 14.9. The largest absolute Gasteiger partial charge is 0.490 e. The smallest absolute Gasteiger partial charge is 0.346 e.